The highest BCUT2D eigenvalue weighted by molar-refractivity contribution is 6.32. The molecule has 1 amide bonds. The summed E-state index contributed by atoms with van der Waals surface area (Å²) in [6.07, 6.45) is 2.17. The molecule has 0 aliphatic heterocycles. The molecule has 9 nitrogen and oxygen atoms in total. The minimum Gasteiger partial charge on any atom is -0.493 e. The fraction of sp³-hybridized carbons (Fsp3) is 0.222. The van der Waals surface area contributed by atoms with Crippen LogP contribution in [0.1, 0.15) is 29.3 Å². The molecule has 0 bridgehead atoms. The molecule has 0 aliphatic rings. The van der Waals surface area contributed by atoms with Gasteiger partial charge in [0.05, 0.1) is 35.4 Å². The first-order valence-corrected chi connectivity index (χ1v) is 8.62. The molecule has 28 heavy (non-hydrogen) atoms. The van der Waals surface area contributed by atoms with Crippen LogP contribution in [0.2, 0.25) is 5.02 Å². The summed E-state index contributed by atoms with van der Waals surface area (Å²) in [5.74, 6) is 0.215. The number of anilines is 1. The second-order valence-electron chi connectivity index (χ2n) is 5.65. The Kier molecular flexibility index (Phi) is 7.16. The zero-order valence-corrected chi connectivity index (χ0v) is 16.0. The average Bonchev–Trinajstić information content (AvgIpc) is 2.66. The van der Waals surface area contributed by atoms with Crippen molar-refractivity contribution in [2.45, 2.75) is 13.3 Å². The monoisotopic (exact) mass is 406 g/mol. The number of nitrogens with two attached hydrogens (primary N) is 1. The van der Waals surface area contributed by atoms with E-state index in [1.165, 1.54) is 19.4 Å². The largest absolute Gasteiger partial charge is 0.493 e. The van der Waals surface area contributed by atoms with E-state index in [0.717, 1.165) is 18.6 Å². The van der Waals surface area contributed by atoms with E-state index in [-0.39, 0.29) is 16.9 Å². The number of amides is 1. The summed E-state index contributed by atoms with van der Waals surface area (Å²) >= 11 is 6.22. The third-order valence-corrected chi connectivity index (χ3v) is 3.78. The topological polar surface area (TPSA) is 129 Å². The lowest BCUT2D eigenvalue weighted by molar-refractivity contribution is -0.384. The molecule has 148 valence electrons. The first kappa shape index (κ1) is 21.0. The van der Waals surface area contributed by atoms with Crippen LogP contribution in [-0.4, -0.2) is 30.8 Å². The number of nitro groups is 1. The van der Waals surface area contributed by atoms with Crippen molar-refractivity contribution in [3.05, 3.63) is 56.6 Å². The van der Waals surface area contributed by atoms with Crippen molar-refractivity contribution in [2.75, 3.05) is 19.5 Å². The van der Waals surface area contributed by atoms with Gasteiger partial charge in [0.25, 0.3) is 11.6 Å². The zero-order chi connectivity index (χ0) is 20.7. The second kappa shape index (κ2) is 9.56. The number of carbonyl (C=O) groups excluding carboxylic acids is 1. The Morgan fingerprint density at radius 3 is 2.75 bits per heavy atom. The lowest BCUT2D eigenvalue weighted by Gasteiger charge is -2.12. The minimum absolute atomic E-state index is 0.0165. The van der Waals surface area contributed by atoms with Crippen molar-refractivity contribution < 1.29 is 19.2 Å². The number of nitrogens with one attached hydrogen (secondary N) is 1. The molecule has 0 fully saturated rings. The quantitative estimate of drug-likeness (QED) is 0.299. The van der Waals surface area contributed by atoms with Gasteiger partial charge in [-0.05, 0) is 30.2 Å². The van der Waals surface area contributed by atoms with Crippen molar-refractivity contribution in [1.82, 2.24) is 5.43 Å². The third kappa shape index (κ3) is 5.34. The molecule has 0 saturated carbocycles. The Labute approximate surface area is 166 Å². The van der Waals surface area contributed by atoms with Crippen LogP contribution in [0.25, 0.3) is 0 Å². The summed E-state index contributed by atoms with van der Waals surface area (Å²) < 4.78 is 10.8. The summed E-state index contributed by atoms with van der Waals surface area (Å²) in [5, 5.41) is 15.0. The van der Waals surface area contributed by atoms with Gasteiger partial charge in [-0.3, -0.25) is 14.9 Å². The molecule has 0 atom stereocenters. The van der Waals surface area contributed by atoms with Crippen LogP contribution in [0.5, 0.6) is 11.5 Å². The Bertz CT molecular complexity index is 917. The number of hydrazone groups is 1. The Morgan fingerprint density at radius 1 is 1.36 bits per heavy atom. The van der Waals surface area contributed by atoms with Gasteiger partial charge in [0.2, 0.25) is 0 Å². The molecule has 10 heteroatoms. The summed E-state index contributed by atoms with van der Waals surface area (Å²) in [6, 6.07) is 6.85. The molecular weight excluding hydrogens is 388 g/mol. The van der Waals surface area contributed by atoms with Crippen molar-refractivity contribution >= 4 is 35.1 Å². The summed E-state index contributed by atoms with van der Waals surface area (Å²) in [6.45, 7) is 2.46. The van der Waals surface area contributed by atoms with Gasteiger partial charge in [0.15, 0.2) is 11.5 Å². The first-order valence-electron chi connectivity index (χ1n) is 8.24. The average molecular weight is 407 g/mol. The number of hydrogen-bond donors (Lipinski definition) is 2. The molecule has 0 aliphatic carbocycles. The number of ether oxygens (including phenoxy) is 2. The standard InChI is InChI=1S/C18H19ClN4O5/c1-3-4-28-17-15(19)5-11(6-16(17)27-2)10-21-22-18(24)12-7-13(20)9-14(8-12)23(25)26/h5-10H,3-4,20H2,1-2H3,(H,22,24)/b21-10-. The number of nitrogen functional groups attached to an aromatic ring is 1. The fourth-order valence-electron chi connectivity index (χ4n) is 2.26. The zero-order valence-electron chi connectivity index (χ0n) is 15.3. The van der Waals surface area contributed by atoms with E-state index in [2.05, 4.69) is 10.5 Å². The third-order valence-electron chi connectivity index (χ3n) is 3.50. The van der Waals surface area contributed by atoms with Gasteiger partial charge < -0.3 is 15.2 Å². The number of nitrogens with zero attached hydrogens (tertiary/aromatic N) is 2. The van der Waals surface area contributed by atoms with Crippen LogP contribution in [0.4, 0.5) is 11.4 Å². The number of hydrogen-bond acceptors (Lipinski definition) is 7. The summed E-state index contributed by atoms with van der Waals surface area (Å²) in [4.78, 5) is 22.4. The van der Waals surface area contributed by atoms with Gasteiger partial charge in [-0.1, -0.05) is 18.5 Å². The number of non-ortho nitro benzene ring substituents is 1. The molecule has 3 N–H and O–H groups in total. The van der Waals surface area contributed by atoms with Gasteiger partial charge in [-0.25, -0.2) is 5.43 Å². The minimum atomic E-state index is -0.646. The van der Waals surface area contributed by atoms with Crippen LogP contribution in [0.3, 0.4) is 0 Å². The Hall–Kier alpha value is -3.33. The predicted octanol–water partition coefficient (Wildman–Crippen LogP) is 3.39. The SMILES string of the molecule is CCCOc1c(Cl)cc(/C=N\NC(=O)c2cc(N)cc([N+](=O)[O-])c2)cc1OC. The van der Waals surface area contributed by atoms with Crippen LogP contribution in [0, 0.1) is 10.1 Å². The number of benzene rings is 2. The number of rotatable bonds is 8. The maximum atomic E-state index is 12.2. The van der Waals surface area contributed by atoms with E-state index in [1.54, 1.807) is 12.1 Å². The smallest absolute Gasteiger partial charge is 0.272 e. The summed E-state index contributed by atoms with van der Waals surface area (Å²) in [7, 11) is 1.49. The molecule has 2 aromatic carbocycles. The molecule has 0 radical (unpaired) electrons. The molecule has 0 unspecified atom stereocenters. The molecule has 0 heterocycles. The van der Waals surface area contributed by atoms with E-state index in [1.807, 2.05) is 6.92 Å². The molecular formula is C18H19ClN4O5. The van der Waals surface area contributed by atoms with Gasteiger partial charge in [-0.15, -0.1) is 0 Å². The Balaban J connectivity index is 2.15. The lowest BCUT2D eigenvalue weighted by Crippen LogP contribution is -2.18. The highest BCUT2D eigenvalue weighted by Gasteiger charge is 2.14. The fourth-order valence-corrected chi connectivity index (χ4v) is 2.53. The van der Waals surface area contributed by atoms with E-state index < -0.39 is 10.8 Å². The molecule has 2 aromatic rings. The maximum absolute atomic E-state index is 12.2. The molecule has 0 saturated heterocycles. The van der Waals surface area contributed by atoms with E-state index >= 15 is 0 Å². The van der Waals surface area contributed by atoms with Crippen molar-refractivity contribution in [3.63, 3.8) is 0 Å². The van der Waals surface area contributed by atoms with Gasteiger partial charge in [0, 0.05) is 17.8 Å². The Morgan fingerprint density at radius 2 is 2.11 bits per heavy atom. The number of nitro benzene ring substituents is 1. The van der Waals surface area contributed by atoms with E-state index in [9.17, 15) is 14.9 Å². The predicted molar refractivity (Wildman–Crippen MR) is 106 cm³/mol. The van der Waals surface area contributed by atoms with E-state index in [0.29, 0.717) is 28.7 Å². The van der Waals surface area contributed by atoms with Crippen LogP contribution in [0.15, 0.2) is 35.4 Å². The highest BCUT2D eigenvalue weighted by atomic mass is 35.5. The summed E-state index contributed by atoms with van der Waals surface area (Å²) in [5.41, 5.74) is 8.26. The van der Waals surface area contributed by atoms with Crippen LogP contribution >= 0.6 is 11.6 Å². The van der Waals surface area contributed by atoms with Crippen LogP contribution in [-0.2, 0) is 0 Å². The molecule has 0 aromatic heterocycles. The van der Waals surface area contributed by atoms with E-state index in [4.69, 9.17) is 26.8 Å². The maximum Gasteiger partial charge on any atom is 0.272 e. The number of carbonyl (C=O) groups is 1. The van der Waals surface area contributed by atoms with Gasteiger partial charge in [0.1, 0.15) is 0 Å². The number of methoxy groups -OCH3 is 1. The lowest BCUT2D eigenvalue weighted by atomic mass is 10.1. The normalized spacial score (nSPS) is 10.7. The highest BCUT2D eigenvalue weighted by Crippen LogP contribution is 2.36. The van der Waals surface area contributed by atoms with Crippen molar-refractivity contribution in [1.29, 1.82) is 0 Å². The van der Waals surface area contributed by atoms with Crippen LogP contribution < -0.4 is 20.6 Å². The van der Waals surface area contributed by atoms with Crippen molar-refractivity contribution in [3.8, 4) is 11.5 Å². The van der Waals surface area contributed by atoms with Gasteiger partial charge in [-0.2, -0.15) is 5.10 Å². The molecule has 0 spiro atoms. The van der Waals surface area contributed by atoms with Crippen molar-refractivity contribution in [2.24, 2.45) is 5.10 Å². The second-order valence-corrected chi connectivity index (χ2v) is 6.06. The first-order chi connectivity index (χ1) is 13.3. The van der Waals surface area contributed by atoms with Gasteiger partial charge >= 0.3 is 0 Å². The number of halogens is 1. The molecule has 2 rings (SSSR count).